The average Bonchev–Trinajstić information content (AvgIpc) is 2.05. The van der Waals surface area contributed by atoms with Gasteiger partial charge < -0.3 is 27.4 Å². The standard InChI is InChI=1S/C9H12FNO.BrH/c1-11-6-9(12)7-3-2-4-8(10)5-7;/h2-5,9,11-12H,6H2,1H3;1H. The second-order valence-electron chi connectivity index (χ2n) is 2.71. The number of halogens is 2. The first-order valence-corrected chi connectivity index (χ1v) is 3.95. The summed E-state index contributed by atoms with van der Waals surface area (Å²) in [7, 11) is 1.86. The van der Waals surface area contributed by atoms with E-state index in [4.69, 9.17) is 0 Å². The SMILES string of the molecule is C[NH2+]CC(O)c1cccc(F)c1.[Br-]. The van der Waals surface area contributed by atoms with Crippen molar-refractivity contribution < 1.29 is 31.8 Å². The molecule has 0 fully saturated rings. The summed E-state index contributed by atoms with van der Waals surface area (Å²) in [5, 5.41) is 11.3. The van der Waals surface area contributed by atoms with Crippen molar-refractivity contribution in [3.63, 3.8) is 0 Å². The summed E-state index contributed by atoms with van der Waals surface area (Å²) in [6, 6.07) is 6.04. The molecule has 0 aliphatic rings. The fraction of sp³-hybridized carbons (Fsp3) is 0.333. The van der Waals surface area contributed by atoms with Gasteiger partial charge in [-0.25, -0.2) is 4.39 Å². The summed E-state index contributed by atoms with van der Waals surface area (Å²) in [6.07, 6.45) is -0.578. The van der Waals surface area contributed by atoms with E-state index in [0.29, 0.717) is 12.1 Å². The number of benzene rings is 1. The number of hydrogen-bond acceptors (Lipinski definition) is 1. The van der Waals surface area contributed by atoms with E-state index in [9.17, 15) is 9.50 Å². The number of aliphatic hydroxyl groups excluding tert-OH is 1. The number of likely N-dealkylation sites (N-methyl/N-ethyl adjacent to an activating group) is 1. The number of hydrogen-bond donors (Lipinski definition) is 2. The number of aliphatic hydroxyl groups is 1. The molecule has 0 saturated heterocycles. The molecule has 4 heteroatoms. The maximum atomic E-state index is 12.6. The van der Waals surface area contributed by atoms with E-state index in [1.165, 1.54) is 12.1 Å². The van der Waals surface area contributed by atoms with Gasteiger partial charge in [-0.2, -0.15) is 0 Å². The molecule has 0 heterocycles. The zero-order valence-corrected chi connectivity index (χ0v) is 8.96. The van der Waals surface area contributed by atoms with E-state index in [1.807, 2.05) is 12.4 Å². The van der Waals surface area contributed by atoms with Crippen LogP contribution in [0.3, 0.4) is 0 Å². The van der Waals surface area contributed by atoms with Crippen molar-refractivity contribution in [2.45, 2.75) is 6.10 Å². The molecule has 1 aromatic carbocycles. The molecule has 0 aliphatic heterocycles. The highest BCUT2D eigenvalue weighted by Gasteiger charge is 2.07. The maximum Gasteiger partial charge on any atom is 0.128 e. The Morgan fingerprint density at radius 2 is 2.23 bits per heavy atom. The molecule has 0 aromatic heterocycles. The maximum absolute atomic E-state index is 12.6. The van der Waals surface area contributed by atoms with Gasteiger partial charge in [0.25, 0.3) is 0 Å². The molecule has 1 unspecified atom stereocenters. The van der Waals surface area contributed by atoms with Gasteiger partial charge in [-0.15, -0.1) is 0 Å². The summed E-state index contributed by atoms with van der Waals surface area (Å²) < 4.78 is 12.6. The van der Waals surface area contributed by atoms with Crippen LogP contribution in [0.4, 0.5) is 4.39 Å². The molecule has 3 N–H and O–H groups in total. The lowest BCUT2D eigenvalue weighted by molar-refractivity contribution is -0.634. The topological polar surface area (TPSA) is 36.8 Å². The van der Waals surface area contributed by atoms with Gasteiger partial charge in [0.1, 0.15) is 18.5 Å². The van der Waals surface area contributed by atoms with Gasteiger partial charge in [-0.3, -0.25) is 0 Å². The lowest BCUT2D eigenvalue weighted by Gasteiger charge is -2.07. The van der Waals surface area contributed by atoms with E-state index in [2.05, 4.69) is 0 Å². The Labute approximate surface area is 87.5 Å². The predicted molar refractivity (Wildman–Crippen MR) is 44.1 cm³/mol. The third kappa shape index (κ3) is 3.85. The van der Waals surface area contributed by atoms with Gasteiger partial charge in [-0.1, -0.05) is 12.1 Å². The van der Waals surface area contributed by atoms with Gasteiger partial charge in [0.15, 0.2) is 0 Å². The van der Waals surface area contributed by atoms with Crippen molar-refractivity contribution >= 4 is 0 Å². The smallest absolute Gasteiger partial charge is 0.128 e. The van der Waals surface area contributed by atoms with Gasteiger partial charge in [0, 0.05) is 0 Å². The van der Waals surface area contributed by atoms with Crippen molar-refractivity contribution in [3.8, 4) is 0 Å². The number of nitrogens with two attached hydrogens (primary N) is 1. The first-order valence-electron chi connectivity index (χ1n) is 3.95. The van der Waals surface area contributed by atoms with Crippen molar-refractivity contribution in [2.75, 3.05) is 13.6 Å². The molecule has 0 aliphatic carbocycles. The van der Waals surface area contributed by atoms with E-state index in [0.717, 1.165) is 0 Å². The zero-order chi connectivity index (χ0) is 8.97. The minimum atomic E-state index is -0.578. The third-order valence-corrected chi connectivity index (χ3v) is 1.69. The molecule has 0 amide bonds. The third-order valence-electron chi connectivity index (χ3n) is 1.69. The molecular weight excluding hydrogens is 237 g/mol. The fourth-order valence-electron chi connectivity index (χ4n) is 1.07. The first kappa shape index (κ1) is 12.6. The Morgan fingerprint density at radius 3 is 2.77 bits per heavy atom. The molecule has 2 nitrogen and oxygen atoms in total. The van der Waals surface area contributed by atoms with Crippen LogP contribution in [0.25, 0.3) is 0 Å². The molecule has 0 bridgehead atoms. The van der Waals surface area contributed by atoms with Crippen LogP contribution in [-0.4, -0.2) is 18.7 Å². The van der Waals surface area contributed by atoms with Crippen molar-refractivity contribution in [1.82, 2.24) is 0 Å². The highest BCUT2D eigenvalue weighted by molar-refractivity contribution is 5.18. The summed E-state index contributed by atoms with van der Waals surface area (Å²) in [5.41, 5.74) is 0.633. The lowest BCUT2D eigenvalue weighted by Crippen LogP contribution is -3.00. The van der Waals surface area contributed by atoms with E-state index in [-0.39, 0.29) is 22.8 Å². The highest BCUT2D eigenvalue weighted by atomic mass is 79.9. The van der Waals surface area contributed by atoms with Gasteiger partial charge >= 0.3 is 0 Å². The molecule has 1 aromatic rings. The van der Waals surface area contributed by atoms with Crippen LogP contribution >= 0.6 is 0 Å². The monoisotopic (exact) mass is 249 g/mol. The normalized spacial score (nSPS) is 11.9. The first-order chi connectivity index (χ1) is 5.74. The van der Waals surface area contributed by atoms with Crippen molar-refractivity contribution in [2.24, 2.45) is 0 Å². The Hall–Kier alpha value is -0.450. The second-order valence-corrected chi connectivity index (χ2v) is 2.71. The predicted octanol–water partition coefficient (Wildman–Crippen LogP) is -2.94. The lowest BCUT2D eigenvalue weighted by atomic mass is 10.1. The summed E-state index contributed by atoms with van der Waals surface area (Å²) >= 11 is 0. The summed E-state index contributed by atoms with van der Waals surface area (Å²) in [6.45, 7) is 0.559. The van der Waals surface area contributed by atoms with Crippen LogP contribution < -0.4 is 22.3 Å². The van der Waals surface area contributed by atoms with Crippen LogP contribution in [0.1, 0.15) is 11.7 Å². The fourth-order valence-corrected chi connectivity index (χ4v) is 1.07. The molecule has 0 saturated carbocycles. The molecule has 13 heavy (non-hydrogen) atoms. The minimum Gasteiger partial charge on any atom is -1.00 e. The molecule has 0 radical (unpaired) electrons. The van der Waals surface area contributed by atoms with E-state index in [1.54, 1.807) is 12.1 Å². The molecule has 74 valence electrons. The molecule has 1 atom stereocenters. The minimum absolute atomic E-state index is 0. The van der Waals surface area contributed by atoms with Gasteiger partial charge in [-0.05, 0) is 17.7 Å². The average molecular weight is 250 g/mol. The Bertz CT molecular complexity index is 257. The Morgan fingerprint density at radius 1 is 1.54 bits per heavy atom. The summed E-state index contributed by atoms with van der Waals surface area (Å²) in [5.74, 6) is -0.303. The van der Waals surface area contributed by atoms with Crippen molar-refractivity contribution in [1.29, 1.82) is 0 Å². The Balaban J connectivity index is 0.00000144. The van der Waals surface area contributed by atoms with Crippen LogP contribution in [0.2, 0.25) is 0 Å². The highest BCUT2D eigenvalue weighted by Crippen LogP contribution is 2.11. The van der Waals surface area contributed by atoms with E-state index >= 15 is 0 Å². The van der Waals surface area contributed by atoms with Crippen molar-refractivity contribution in [3.05, 3.63) is 35.6 Å². The van der Waals surface area contributed by atoms with Crippen LogP contribution in [0, 0.1) is 5.82 Å². The molecule has 0 spiro atoms. The number of quaternary nitrogens is 1. The largest absolute Gasteiger partial charge is 1.00 e. The van der Waals surface area contributed by atoms with E-state index < -0.39 is 6.10 Å². The quantitative estimate of drug-likeness (QED) is 0.591. The van der Waals surface area contributed by atoms with Crippen LogP contribution in [0.5, 0.6) is 0 Å². The molecule has 1 rings (SSSR count). The second kappa shape index (κ2) is 6.07. The van der Waals surface area contributed by atoms with Crippen LogP contribution in [0.15, 0.2) is 24.3 Å². The number of rotatable bonds is 3. The molecular formula is C9H13BrFNO. The zero-order valence-electron chi connectivity index (χ0n) is 7.37. The van der Waals surface area contributed by atoms with Gasteiger partial charge in [0.05, 0.1) is 7.05 Å². The van der Waals surface area contributed by atoms with Crippen LogP contribution in [-0.2, 0) is 0 Å². The summed E-state index contributed by atoms with van der Waals surface area (Å²) in [4.78, 5) is 0. The Kier molecular flexibility index (Phi) is 5.86. The van der Waals surface area contributed by atoms with Gasteiger partial charge in [0.2, 0.25) is 0 Å².